The summed E-state index contributed by atoms with van der Waals surface area (Å²) in [5.41, 5.74) is 1.42. The SMILES string of the molecule is CC(=O)OC1CCCC(NC(=O)c2cc(-c3ccc(OC(F)(F)F)cc3)cs2)C1. The number of amides is 1. The molecule has 1 saturated carbocycles. The van der Waals surface area contributed by atoms with Crippen LogP contribution < -0.4 is 10.1 Å². The predicted molar refractivity (Wildman–Crippen MR) is 102 cm³/mol. The first-order valence-electron chi connectivity index (χ1n) is 9.12. The van der Waals surface area contributed by atoms with Crippen molar-refractivity contribution in [1.29, 1.82) is 0 Å². The first-order chi connectivity index (χ1) is 13.7. The summed E-state index contributed by atoms with van der Waals surface area (Å²) >= 11 is 1.26. The average molecular weight is 427 g/mol. The number of alkyl halides is 3. The molecule has 2 aromatic rings. The number of hydrogen-bond acceptors (Lipinski definition) is 5. The van der Waals surface area contributed by atoms with Gasteiger partial charge in [-0.25, -0.2) is 0 Å². The smallest absolute Gasteiger partial charge is 0.462 e. The molecule has 1 aliphatic carbocycles. The number of halogens is 3. The molecular formula is C20H20F3NO4S. The van der Waals surface area contributed by atoms with Crippen LogP contribution >= 0.6 is 11.3 Å². The lowest BCUT2D eigenvalue weighted by Gasteiger charge is -2.29. The molecule has 1 aliphatic rings. The molecule has 0 saturated heterocycles. The molecule has 156 valence electrons. The maximum atomic E-state index is 12.5. The monoisotopic (exact) mass is 427 g/mol. The molecule has 2 unspecified atom stereocenters. The largest absolute Gasteiger partial charge is 0.573 e. The number of hydrogen-bond donors (Lipinski definition) is 1. The van der Waals surface area contributed by atoms with Crippen molar-refractivity contribution in [3.8, 4) is 16.9 Å². The van der Waals surface area contributed by atoms with Crippen molar-refractivity contribution in [1.82, 2.24) is 5.32 Å². The van der Waals surface area contributed by atoms with Gasteiger partial charge < -0.3 is 14.8 Å². The molecule has 2 atom stereocenters. The molecule has 1 fully saturated rings. The molecule has 29 heavy (non-hydrogen) atoms. The van der Waals surface area contributed by atoms with Gasteiger partial charge in [-0.1, -0.05) is 12.1 Å². The minimum absolute atomic E-state index is 0.0649. The van der Waals surface area contributed by atoms with Crippen LogP contribution in [-0.4, -0.2) is 30.4 Å². The standard InChI is InChI=1S/C20H20F3NO4S/c1-12(25)27-17-4-2-3-15(10-17)24-19(26)18-9-14(11-29-18)13-5-7-16(8-6-13)28-20(21,22)23/h5-9,11,15,17H,2-4,10H2,1H3,(H,24,26). The van der Waals surface area contributed by atoms with Crippen molar-refractivity contribution in [2.24, 2.45) is 0 Å². The van der Waals surface area contributed by atoms with Gasteiger partial charge in [-0.3, -0.25) is 9.59 Å². The Kier molecular flexibility index (Phi) is 6.46. The van der Waals surface area contributed by atoms with Gasteiger partial charge in [0.2, 0.25) is 0 Å². The number of nitrogens with one attached hydrogen (secondary N) is 1. The van der Waals surface area contributed by atoms with Gasteiger partial charge >= 0.3 is 12.3 Å². The highest BCUT2D eigenvalue weighted by atomic mass is 32.1. The summed E-state index contributed by atoms with van der Waals surface area (Å²) in [6.07, 6.45) is -1.84. The fourth-order valence-corrected chi connectivity index (χ4v) is 4.15. The van der Waals surface area contributed by atoms with E-state index in [1.54, 1.807) is 11.4 Å². The van der Waals surface area contributed by atoms with Crippen LogP contribution in [0.3, 0.4) is 0 Å². The lowest BCUT2D eigenvalue weighted by Crippen LogP contribution is -2.40. The molecule has 0 aliphatic heterocycles. The molecule has 1 aromatic heterocycles. The van der Waals surface area contributed by atoms with E-state index in [0.29, 0.717) is 16.9 Å². The number of carbonyl (C=O) groups is 2. The van der Waals surface area contributed by atoms with E-state index in [4.69, 9.17) is 4.74 Å². The summed E-state index contributed by atoms with van der Waals surface area (Å²) in [7, 11) is 0. The zero-order chi connectivity index (χ0) is 21.0. The van der Waals surface area contributed by atoms with Gasteiger partial charge in [0.15, 0.2) is 0 Å². The van der Waals surface area contributed by atoms with Crippen LogP contribution in [0.15, 0.2) is 35.7 Å². The van der Waals surface area contributed by atoms with E-state index in [-0.39, 0.29) is 29.8 Å². The first-order valence-corrected chi connectivity index (χ1v) is 10.0. The second kappa shape index (κ2) is 8.86. The summed E-state index contributed by atoms with van der Waals surface area (Å²) in [5, 5.41) is 4.75. The molecule has 1 aromatic carbocycles. The Morgan fingerprint density at radius 2 is 1.86 bits per heavy atom. The molecule has 1 amide bonds. The van der Waals surface area contributed by atoms with Crippen LogP contribution in [0.4, 0.5) is 13.2 Å². The van der Waals surface area contributed by atoms with Gasteiger partial charge in [0.1, 0.15) is 11.9 Å². The van der Waals surface area contributed by atoms with E-state index in [2.05, 4.69) is 10.1 Å². The number of thiophene rings is 1. The number of benzene rings is 1. The molecule has 3 rings (SSSR count). The lowest BCUT2D eigenvalue weighted by molar-refractivity contribution is -0.274. The molecular weight excluding hydrogens is 407 g/mol. The van der Waals surface area contributed by atoms with E-state index in [1.165, 1.54) is 42.5 Å². The van der Waals surface area contributed by atoms with Crippen molar-refractivity contribution < 1.29 is 32.2 Å². The van der Waals surface area contributed by atoms with Gasteiger partial charge in [0.25, 0.3) is 5.91 Å². The Labute approximate surface area is 169 Å². The molecule has 5 nitrogen and oxygen atoms in total. The lowest BCUT2D eigenvalue weighted by atomic mass is 9.92. The van der Waals surface area contributed by atoms with E-state index < -0.39 is 6.36 Å². The third-order valence-corrected chi connectivity index (χ3v) is 5.47. The zero-order valence-electron chi connectivity index (χ0n) is 15.6. The predicted octanol–water partition coefficient (Wildman–Crippen LogP) is 4.92. The minimum Gasteiger partial charge on any atom is -0.462 e. The van der Waals surface area contributed by atoms with E-state index >= 15 is 0 Å². The third-order valence-electron chi connectivity index (χ3n) is 4.54. The minimum atomic E-state index is -4.73. The number of esters is 1. The number of ether oxygens (including phenoxy) is 2. The second-order valence-corrected chi connectivity index (χ2v) is 7.75. The van der Waals surface area contributed by atoms with Gasteiger partial charge in [-0.2, -0.15) is 0 Å². The topological polar surface area (TPSA) is 64.6 Å². The van der Waals surface area contributed by atoms with Gasteiger partial charge in [-0.05, 0) is 54.0 Å². The fraction of sp³-hybridized carbons (Fsp3) is 0.400. The van der Waals surface area contributed by atoms with Crippen LogP contribution in [-0.2, 0) is 9.53 Å². The third kappa shape index (κ3) is 6.22. The summed E-state index contributed by atoms with van der Waals surface area (Å²) in [5.74, 6) is -0.836. The van der Waals surface area contributed by atoms with Gasteiger partial charge in [0, 0.05) is 19.4 Å². The van der Waals surface area contributed by atoms with Crippen LogP contribution in [0.5, 0.6) is 5.75 Å². The van der Waals surface area contributed by atoms with Crippen molar-refractivity contribution in [3.05, 3.63) is 40.6 Å². The summed E-state index contributed by atoms with van der Waals surface area (Å²) in [6.45, 7) is 1.37. The van der Waals surface area contributed by atoms with Crippen molar-refractivity contribution in [2.75, 3.05) is 0 Å². The quantitative estimate of drug-likeness (QED) is 0.688. The van der Waals surface area contributed by atoms with Crippen LogP contribution in [0.1, 0.15) is 42.3 Å². The van der Waals surface area contributed by atoms with Crippen molar-refractivity contribution in [3.63, 3.8) is 0 Å². The highest BCUT2D eigenvalue weighted by Gasteiger charge is 2.31. The summed E-state index contributed by atoms with van der Waals surface area (Å²) in [6, 6.07) is 7.12. The molecule has 0 radical (unpaired) electrons. The second-order valence-electron chi connectivity index (χ2n) is 6.84. The number of carbonyl (C=O) groups excluding carboxylic acids is 2. The van der Waals surface area contributed by atoms with Crippen molar-refractivity contribution in [2.45, 2.75) is 51.1 Å². The Balaban J connectivity index is 1.60. The fourth-order valence-electron chi connectivity index (χ4n) is 3.33. The van der Waals surface area contributed by atoms with E-state index in [1.807, 2.05) is 0 Å². The highest BCUT2D eigenvalue weighted by molar-refractivity contribution is 7.12. The van der Waals surface area contributed by atoms with Crippen molar-refractivity contribution >= 4 is 23.2 Å². The molecule has 1 heterocycles. The maximum Gasteiger partial charge on any atom is 0.573 e. The Morgan fingerprint density at radius 3 is 2.52 bits per heavy atom. The average Bonchev–Trinajstić information content (AvgIpc) is 3.11. The van der Waals surface area contributed by atoms with Crippen LogP contribution in [0.2, 0.25) is 0 Å². The highest BCUT2D eigenvalue weighted by Crippen LogP contribution is 2.30. The number of rotatable bonds is 5. The Morgan fingerprint density at radius 1 is 1.14 bits per heavy atom. The Bertz CT molecular complexity index is 863. The van der Waals surface area contributed by atoms with E-state index in [9.17, 15) is 22.8 Å². The van der Waals surface area contributed by atoms with Gasteiger partial charge in [0.05, 0.1) is 4.88 Å². The van der Waals surface area contributed by atoms with Crippen LogP contribution in [0, 0.1) is 0 Å². The zero-order valence-corrected chi connectivity index (χ0v) is 16.4. The molecule has 0 spiro atoms. The summed E-state index contributed by atoms with van der Waals surface area (Å²) < 4.78 is 45.8. The van der Waals surface area contributed by atoms with Gasteiger partial charge in [-0.15, -0.1) is 24.5 Å². The first kappa shape index (κ1) is 21.2. The Hall–Kier alpha value is -2.55. The van der Waals surface area contributed by atoms with Crippen LogP contribution in [0.25, 0.3) is 11.1 Å². The molecule has 0 bridgehead atoms. The maximum absolute atomic E-state index is 12.5. The normalized spacial score (nSPS) is 19.4. The van der Waals surface area contributed by atoms with E-state index in [0.717, 1.165) is 24.8 Å². The molecule has 1 N–H and O–H groups in total. The summed E-state index contributed by atoms with van der Waals surface area (Å²) in [4.78, 5) is 24.2. The molecule has 9 heteroatoms.